The van der Waals surface area contributed by atoms with Crippen LogP contribution in [0.1, 0.15) is 57.1 Å². The van der Waals surface area contributed by atoms with E-state index in [-0.39, 0.29) is 37.0 Å². The third-order valence-corrected chi connectivity index (χ3v) is 7.43. The van der Waals surface area contributed by atoms with E-state index in [2.05, 4.69) is 5.32 Å². The average Bonchev–Trinajstić information content (AvgIpc) is 3.51. The first kappa shape index (κ1) is 27.6. The molecule has 0 radical (unpaired) electrons. The fourth-order valence-corrected chi connectivity index (χ4v) is 5.58. The maximum atomic E-state index is 13.7. The van der Waals surface area contributed by atoms with Crippen LogP contribution in [-0.2, 0) is 36.8 Å². The molecule has 4 rings (SSSR count). The van der Waals surface area contributed by atoms with Crippen LogP contribution in [0, 0.1) is 5.92 Å². The highest BCUT2D eigenvalue weighted by molar-refractivity contribution is 5.84. The van der Waals surface area contributed by atoms with Gasteiger partial charge in [-0.25, -0.2) is 4.79 Å². The van der Waals surface area contributed by atoms with Gasteiger partial charge >= 0.3 is 12.1 Å². The molecule has 1 N–H and O–H groups in total. The van der Waals surface area contributed by atoms with Crippen LogP contribution in [-0.4, -0.2) is 53.9 Å². The minimum absolute atomic E-state index is 0.0176. The number of amides is 1. The summed E-state index contributed by atoms with van der Waals surface area (Å²) in [5.74, 6) is -0.271. The molecule has 204 valence electrons. The van der Waals surface area contributed by atoms with E-state index >= 15 is 0 Å². The van der Waals surface area contributed by atoms with Gasteiger partial charge in [0.1, 0.15) is 12.6 Å². The Kier molecular flexibility index (Phi) is 9.76. The molecule has 1 amide bonds. The largest absolute Gasteiger partial charge is 0.510 e. The molecular formula is C30H38N2O6. The Bertz CT molecular complexity index is 1060. The summed E-state index contributed by atoms with van der Waals surface area (Å²) in [6.45, 7) is 3.89. The number of esters is 1. The zero-order chi connectivity index (χ0) is 26.9. The molecule has 2 aliphatic rings. The fourth-order valence-electron chi connectivity index (χ4n) is 5.58. The Labute approximate surface area is 224 Å². The summed E-state index contributed by atoms with van der Waals surface area (Å²) in [6, 6.07) is 18.0. The van der Waals surface area contributed by atoms with Gasteiger partial charge in [-0.2, -0.15) is 0 Å². The zero-order valence-corrected chi connectivity index (χ0v) is 22.2. The number of benzene rings is 2. The van der Waals surface area contributed by atoms with E-state index in [4.69, 9.17) is 14.2 Å². The van der Waals surface area contributed by atoms with Crippen molar-refractivity contribution in [3.05, 3.63) is 71.8 Å². The van der Waals surface area contributed by atoms with Gasteiger partial charge in [-0.3, -0.25) is 14.9 Å². The smallest absolute Gasteiger partial charge is 0.465 e. The lowest BCUT2D eigenvalue weighted by Crippen LogP contribution is -2.54. The molecular weight excluding hydrogens is 484 g/mol. The number of aryl methyl sites for hydroxylation is 1. The molecule has 2 aromatic carbocycles. The number of hydrogen-bond acceptors (Lipinski definition) is 7. The third-order valence-electron chi connectivity index (χ3n) is 7.43. The monoisotopic (exact) mass is 522 g/mol. The Morgan fingerprint density at radius 2 is 1.66 bits per heavy atom. The molecule has 1 aliphatic heterocycles. The number of ether oxygens (including phenoxy) is 3. The lowest BCUT2D eigenvalue weighted by molar-refractivity contribution is -0.148. The van der Waals surface area contributed by atoms with Crippen molar-refractivity contribution in [1.29, 1.82) is 0 Å². The maximum Gasteiger partial charge on any atom is 0.510 e. The summed E-state index contributed by atoms with van der Waals surface area (Å²) in [7, 11) is 0. The minimum atomic E-state index is -0.788. The number of likely N-dealkylation sites (tertiary alicyclic amines) is 1. The van der Waals surface area contributed by atoms with Crippen molar-refractivity contribution in [3.63, 3.8) is 0 Å². The van der Waals surface area contributed by atoms with Crippen LogP contribution in [0.4, 0.5) is 4.79 Å². The first-order valence-electron chi connectivity index (χ1n) is 13.6. The quantitative estimate of drug-likeness (QED) is 0.431. The van der Waals surface area contributed by atoms with Crippen molar-refractivity contribution in [2.45, 2.75) is 83.3 Å². The number of nitrogens with zero attached hydrogens (tertiary/aromatic N) is 1. The van der Waals surface area contributed by atoms with Gasteiger partial charge in [-0.1, -0.05) is 67.1 Å². The van der Waals surface area contributed by atoms with Gasteiger partial charge in [0.25, 0.3) is 0 Å². The van der Waals surface area contributed by atoms with Crippen LogP contribution in [0.5, 0.6) is 0 Å². The van der Waals surface area contributed by atoms with Crippen LogP contribution in [0.25, 0.3) is 0 Å². The van der Waals surface area contributed by atoms with Gasteiger partial charge in [0.15, 0.2) is 6.23 Å². The predicted octanol–water partition coefficient (Wildman–Crippen LogP) is 4.61. The third kappa shape index (κ3) is 7.13. The lowest BCUT2D eigenvalue weighted by atomic mass is 10.0. The number of carbonyl (C=O) groups is 3. The Morgan fingerprint density at radius 3 is 2.34 bits per heavy atom. The highest BCUT2D eigenvalue weighted by Gasteiger charge is 2.49. The molecule has 1 aliphatic carbocycles. The molecule has 2 fully saturated rings. The molecule has 1 saturated heterocycles. The number of nitrogens with one attached hydrogen (secondary N) is 1. The van der Waals surface area contributed by atoms with Gasteiger partial charge in [0.05, 0.1) is 12.6 Å². The molecule has 5 atom stereocenters. The van der Waals surface area contributed by atoms with Crippen LogP contribution in [0.2, 0.25) is 0 Å². The molecule has 1 saturated carbocycles. The number of carbonyl (C=O) groups excluding carboxylic acids is 3. The normalized spacial score (nSPS) is 21.8. The van der Waals surface area contributed by atoms with E-state index in [0.717, 1.165) is 30.4 Å². The highest BCUT2D eigenvalue weighted by Crippen LogP contribution is 2.42. The molecule has 2 aromatic rings. The zero-order valence-electron chi connectivity index (χ0n) is 22.2. The van der Waals surface area contributed by atoms with E-state index in [9.17, 15) is 14.4 Å². The summed E-state index contributed by atoms with van der Waals surface area (Å²) >= 11 is 0. The lowest BCUT2D eigenvalue weighted by Gasteiger charge is -2.32. The average molecular weight is 523 g/mol. The second kappa shape index (κ2) is 13.4. The van der Waals surface area contributed by atoms with Gasteiger partial charge in [0.2, 0.25) is 5.91 Å². The Morgan fingerprint density at radius 1 is 0.974 bits per heavy atom. The second-order valence-electron chi connectivity index (χ2n) is 10.1. The topological polar surface area (TPSA) is 94.2 Å². The van der Waals surface area contributed by atoms with Gasteiger partial charge in [-0.15, -0.1) is 0 Å². The van der Waals surface area contributed by atoms with Crippen molar-refractivity contribution in [2.75, 3.05) is 6.61 Å². The van der Waals surface area contributed by atoms with E-state index in [0.29, 0.717) is 19.3 Å². The van der Waals surface area contributed by atoms with Gasteiger partial charge in [-0.05, 0) is 56.6 Å². The van der Waals surface area contributed by atoms with E-state index in [1.807, 2.05) is 60.7 Å². The summed E-state index contributed by atoms with van der Waals surface area (Å²) in [4.78, 5) is 40.7. The standard InChI is InChI=1S/C30H38N2O6/c1-3-36-29(34)25(18-17-22-11-6-4-7-12-22)31-21(2)28(33)32-26-16-10-15-24(26)19-27(32)38-30(35)37-20-23-13-8-5-9-14-23/h4-9,11-14,21,24-27,31H,3,10,15-20H2,1-2H3/t21-,24-,25-,26-,27-/m0/s1. The van der Waals surface area contributed by atoms with Crippen LogP contribution in [0.3, 0.4) is 0 Å². The molecule has 0 bridgehead atoms. The van der Waals surface area contributed by atoms with Gasteiger partial charge in [0, 0.05) is 12.5 Å². The molecule has 1 heterocycles. The van der Waals surface area contributed by atoms with E-state index in [1.165, 1.54) is 0 Å². The second-order valence-corrected chi connectivity index (χ2v) is 10.1. The van der Waals surface area contributed by atoms with E-state index in [1.54, 1.807) is 18.7 Å². The summed E-state index contributed by atoms with van der Waals surface area (Å²) in [5.41, 5.74) is 1.97. The summed E-state index contributed by atoms with van der Waals surface area (Å²) in [5, 5.41) is 3.21. The number of rotatable bonds is 11. The predicted molar refractivity (Wildman–Crippen MR) is 142 cm³/mol. The fraction of sp³-hybridized carbons (Fsp3) is 0.500. The van der Waals surface area contributed by atoms with Crippen LogP contribution >= 0.6 is 0 Å². The molecule has 0 spiro atoms. The molecule has 8 heteroatoms. The van der Waals surface area contributed by atoms with E-state index < -0.39 is 24.5 Å². The van der Waals surface area contributed by atoms with Crippen molar-refractivity contribution >= 4 is 18.0 Å². The SMILES string of the molecule is CCOC(=O)[C@H](CCc1ccccc1)N[C@@H](C)C(=O)N1[C@@H](OC(=O)OCc2ccccc2)C[C@@H]2CCC[C@@H]21. The van der Waals surface area contributed by atoms with Crippen molar-refractivity contribution in [1.82, 2.24) is 10.2 Å². The van der Waals surface area contributed by atoms with Crippen molar-refractivity contribution < 1.29 is 28.6 Å². The Balaban J connectivity index is 1.39. The molecule has 0 aromatic heterocycles. The summed E-state index contributed by atoms with van der Waals surface area (Å²) in [6.07, 6.45) is 3.20. The van der Waals surface area contributed by atoms with Crippen LogP contribution in [0.15, 0.2) is 60.7 Å². The van der Waals surface area contributed by atoms with Crippen molar-refractivity contribution in [3.8, 4) is 0 Å². The first-order chi connectivity index (χ1) is 18.5. The first-order valence-corrected chi connectivity index (χ1v) is 13.6. The highest BCUT2D eigenvalue weighted by atomic mass is 16.7. The molecule has 0 unspecified atom stereocenters. The molecule has 38 heavy (non-hydrogen) atoms. The number of hydrogen-bond donors (Lipinski definition) is 1. The minimum Gasteiger partial charge on any atom is -0.465 e. The van der Waals surface area contributed by atoms with Crippen LogP contribution < -0.4 is 5.32 Å². The number of fused-ring (bicyclic) bond motifs is 1. The summed E-state index contributed by atoms with van der Waals surface area (Å²) < 4.78 is 16.3. The van der Waals surface area contributed by atoms with Gasteiger partial charge < -0.3 is 19.1 Å². The Hall–Kier alpha value is -3.39. The van der Waals surface area contributed by atoms with Crippen molar-refractivity contribution in [2.24, 2.45) is 5.92 Å². The molecule has 8 nitrogen and oxygen atoms in total. The maximum absolute atomic E-state index is 13.7.